The summed E-state index contributed by atoms with van der Waals surface area (Å²) in [4.78, 5) is 17.6. The zero-order valence-corrected chi connectivity index (χ0v) is 11.7. The van der Waals surface area contributed by atoms with E-state index in [0.29, 0.717) is 12.1 Å². The van der Waals surface area contributed by atoms with Crippen molar-refractivity contribution < 1.29 is 9.90 Å². The Morgan fingerprint density at radius 1 is 1.50 bits per heavy atom. The van der Waals surface area contributed by atoms with Gasteiger partial charge in [0.1, 0.15) is 5.82 Å². The van der Waals surface area contributed by atoms with Crippen LogP contribution >= 0.6 is 12.4 Å². The number of hydrogen-bond acceptors (Lipinski definition) is 4. The number of carbonyl (C=O) groups excluding carboxylic acids is 1. The van der Waals surface area contributed by atoms with Gasteiger partial charge in [-0.05, 0) is 12.1 Å². The van der Waals surface area contributed by atoms with Gasteiger partial charge in [-0.25, -0.2) is 4.98 Å². The summed E-state index contributed by atoms with van der Waals surface area (Å²) in [7, 11) is 3.79. The smallest absolute Gasteiger partial charge is 0.220 e. The molecule has 1 aromatic heterocycles. The number of aliphatic hydroxyl groups excluding tert-OH is 1. The zero-order valence-electron chi connectivity index (χ0n) is 10.9. The van der Waals surface area contributed by atoms with Crippen LogP contribution in [0.25, 0.3) is 0 Å². The maximum Gasteiger partial charge on any atom is 0.220 e. The summed E-state index contributed by atoms with van der Waals surface area (Å²) in [5.41, 5.74) is 0.667. The third-order valence-corrected chi connectivity index (χ3v) is 2.41. The Hall–Kier alpha value is -1.33. The van der Waals surface area contributed by atoms with E-state index in [2.05, 4.69) is 10.3 Å². The van der Waals surface area contributed by atoms with E-state index in [-0.39, 0.29) is 24.9 Å². The van der Waals surface area contributed by atoms with Crippen LogP contribution in [0.2, 0.25) is 0 Å². The minimum Gasteiger partial charge on any atom is -0.394 e. The highest BCUT2D eigenvalue weighted by Crippen LogP contribution is 2.14. The molecule has 0 bridgehead atoms. The average Bonchev–Trinajstić information content (AvgIpc) is 2.35. The van der Waals surface area contributed by atoms with E-state index < -0.39 is 6.04 Å². The van der Waals surface area contributed by atoms with Crippen molar-refractivity contribution >= 4 is 24.1 Å². The SMILES string of the molecule is CCC(=O)N[C@H](CO)c1cccc(N(C)C)n1.Cl. The molecule has 0 aromatic carbocycles. The molecule has 0 unspecified atom stereocenters. The fourth-order valence-corrected chi connectivity index (χ4v) is 1.39. The van der Waals surface area contributed by atoms with Crippen LogP contribution in [-0.2, 0) is 4.79 Å². The molecule has 6 heteroatoms. The average molecular weight is 274 g/mol. The monoisotopic (exact) mass is 273 g/mol. The fraction of sp³-hybridized carbons (Fsp3) is 0.500. The maximum atomic E-state index is 11.3. The van der Waals surface area contributed by atoms with Gasteiger partial charge in [-0.2, -0.15) is 0 Å². The van der Waals surface area contributed by atoms with Crippen LogP contribution < -0.4 is 10.2 Å². The molecule has 1 rings (SSSR count). The summed E-state index contributed by atoms with van der Waals surface area (Å²) in [6.07, 6.45) is 0.393. The Kier molecular flexibility index (Phi) is 7.31. The van der Waals surface area contributed by atoms with Gasteiger partial charge in [0, 0.05) is 20.5 Å². The van der Waals surface area contributed by atoms with E-state index in [1.807, 2.05) is 31.1 Å². The standard InChI is InChI=1S/C12H19N3O2.ClH/c1-4-12(17)14-10(8-16)9-6-5-7-11(13-9)15(2)3;/h5-7,10,16H,4,8H2,1-3H3,(H,14,17);1H/t10-;/m1./s1. The summed E-state index contributed by atoms with van der Waals surface area (Å²) in [5.74, 6) is 0.702. The van der Waals surface area contributed by atoms with Crippen molar-refractivity contribution in [1.29, 1.82) is 0 Å². The Morgan fingerprint density at radius 2 is 2.17 bits per heavy atom. The highest BCUT2D eigenvalue weighted by molar-refractivity contribution is 5.85. The van der Waals surface area contributed by atoms with Crippen molar-refractivity contribution in [2.75, 3.05) is 25.6 Å². The van der Waals surface area contributed by atoms with Gasteiger partial charge in [-0.3, -0.25) is 4.79 Å². The minimum absolute atomic E-state index is 0. The first-order valence-electron chi connectivity index (χ1n) is 5.63. The topological polar surface area (TPSA) is 65.5 Å². The van der Waals surface area contributed by atoms with E-state index in [1.165, 1.54) is 0 Å². The Morgan fingerprint density at radius 3 is 2.67 bits per heavy atom. The molecule has 0 saturated carbocycles. The van der Waals surface area contributed by atoms with Crippen LogP contribution in [-0.4, -0.2) is 36.7 Å². The van der Waals surface area contributed by atoms with Crippen LogP contribution in [0.15, 0.2) is 18.2 Å². The molecule has 1 atom stereocenters. The molecule has 1 heterocycles. The third-order valence-electron chi connectivity index (χ3n) is 2.41. The first kappa shape index (κ1) is 16.7. The molecule has 0 fully saturated rings. The van der Waals surface area contributed by atoms with Gasteiger partial charge in [0.05, 0.1) is 18.3 Å². The molecule has 0 aliphatic heterocycles. The number of aliphatic hydroxyl groups is 1. The molecule has 0 aliphatic rings. The van der Waals surface area contributed by atoms with Crippen molar-refractivity contribution in [3.8, 4) is 0 Å². The Bertz CT molecular complexity index is 385. The number of pyridine rings is 1. The number of nitrogens with zero attached hydrogens (tertiary/aromatic N) is 2. The Balaban J connectivity index is 0.00000289. The highest BCUT2D eigenvalue weighted by Gasteiger charge is 2.14. The molecule has 0 radical (unpaired) electrons. The van der Waals surface area contributed by atoms with Crippen molar-refractivity contribution in [3.05, 3.63) is 23.9 Å². The maximum absolute atomic E-state index is 11.3. The second-order valence-electron chi connectivity index (χ2n) is 3.97. The van der Waals surface area contributed by atoms with E-state index in [0.717, 1.165) is 5.82 Å². The second-order valence-corrected chi connectivity index (χ2v) is 3.97. The van der Waals surface area contributed by atoms with Gasteiger partial charge < -0.3 is 15.3 Å². The normalized spacial score (nSPS) is 11.3. The van der Waals surface area contributed by atoms with Gasteiger partial charge in [0.2, 0.25) is 5.91 Å². The van der Waals surface area contributed by atoms with Crippen LogP contribution in [0.3, 0.4) is 0 Å². The van der Waals surface area contributed by atoms with Gasteiger partial charge in [-0.15, -0.1) is 12.4 Å². The minimum atomic E-state index is -0.442. The number of amides is 1. The van der Waals surface area contributed by atoms with Crippen LogP contribution in [0.5, 0.6) is 0 Å². The van der Waals surface area contributed by atoms with Gasteiger partial charge in [0.25, 0.3) is 0 Å². The van der Waals surface area contributed by atoms with E-state index in [1.54, 1.807) is 13.0 Å². The van der Waals surface area contributed by atoms with Gasteiger partial charge in [0.15, 0.2) is 0 Å². The Labute approximate surface area is 114 Å². The molecule has 2 N–H and O–H groups in total. The van der Waals surface area contributed by atoms with E-state index in [4.69, 9.17) is 0 Å². The number of carbonyl (C=O) groups is 1. The molecule has 0 saturated heterocycles. The van der Waals surface area contributed by atoms with Crippen molar-refractivity contribution in [1.82, 2.24) is 10.3 Å². The number of hydrogen-bond donors (Lipinski definition) is 2. The van der Waals surface area contributed by atoms with Crippen molar-refractivity contribution in [3.63, 3.8) is 0 Å². The van der Waals surface area contributed by atoms with Crippen LogP contribution in [0, 0.1) is 0 Å². The summed E-state index contributed by atoms with van der Waals surface area (Å²) in [6.45, 7) is 1.61. The van der Waals surface area contributed by atoms with Crippen molar-refractivity contribution in [2.45, 2.75) is 19.4 Å². The largest absolute Gasteiger partial charge is 0.394 e. The fourth-order valence-electron chi connectivity index (χ4n) is 1.39. The predicted molar refractivity (Wildman–Crippen MR) is 74.1 cm³/mol. The third kappa shape index (κ3) is 4.50. The molecule has 0 aliphatic carbocycles. The lowest BCUT2D eigenvalue weighted by atomic mass is 10.2. The van der Waals surface area contributed by atoms with E-state index >= 15 is 0 Å². The number of rotatable bonds is 5. The molecular weight excluding hydrogens is 254 g/mol. The number of aromatic nitrogens is 1. The predicted octanol–water partition coefficient (Wildman–Crippen LogP) is 1.13. The van der Waals surface area contributed by atoms with Gasteiger partial charge >= 0.3 is 0 Å². The molecule has 5 nitrogen and oxygen atoms in total. The second kappa shape index (κ2) is 7.89. The van der Waals surface area contributed by atoms with Gasteiger partial charge in [-0.1, -0.05) is 13.0 Å². The number of halogens is 1. The molecular formula is C12H20ClN3O2. The first-order chi connectivity index (χ1) is 8.08. The molecule has 1 aromatic rings. The highest BCUT2D eigenvalue weighted by atomic mass is 35.5. The molecule has 0 spiro atoms. The number of anilines is 1. The lowest BCUT2D eigenvalue weighted by Gasteiger charge is -2.18. The van der Waals surface area contributed by atoms with Crippen molar-refractivity contribution in [2.24, 2.45) is 0 Å². The summed E-state index contributed by atoms with van der Waals surface area (Å²) in [6, 6.07) is 5.09. The van der Waals surface area contributed by atoms with Crippen LogP contribution in [0.1, 0.15) is 25.1 Å². The molecule has 1 amide bonds. The van der Waals surface area contributed by atoms with Crippen LogP contribution in [0.4, 0.5) is 5.82 Å². The quantitative estimate of drug-likeness (QED) is 0.844. The molecule has 18 heavy (non-hydrogen) atoms. The summed E-state index contributed by atoms with van der Waals surface area (Å²) < 4.78 is 0. The first-order valence-corrected chi connectivity index (χ1v) is 5.63. The lowest BCUT2D eigenvalue weighted by molar-refractivity contribution is -0.121. The zero-order chi connectivity index (χ0) is 12.8. The summed E-state index contributed by atoms with van der Waals surface area (Å²) in [5, 5.41) is 12.0. The van der Waals surface area contributed by atoms with E-state index in [9.17, 15) is 9.90 Å². The lowest BCUT2D eigenvalue weighted by Crippen LogP contribution is -2.31. The number of nitrogens with one attached hydrogen (secondary N) is 1. The molecule has 102 valence electrons. The summed E-state index contributed by atoms with van der Waals surface area (Å²) >= 11 is 0.